The van der Waals surface area contributed by atoms with Crippen molar-refractivity contribution in [1.29, 1.82) is 0 Å². The minimum Gasteiger partial charge on any atom is -0.466 e. The lowest BCUT2D eigenvalue weighted by molar-refractivity contribution is 0.495. The molecule has 0 fully saturated rings. The zero-order chi connectivity index (χ0) is 12.4. The highest BCUT2D eigenvalue weighted by Crippen LogP contribution is 2.33. The molecular weight excluding hydrogens is 298 g/mol. The van der Waals surface area contributed by atoms with Crippen molar-refractivity contribution in [2.24, 2.45) is 0 Å². The summed E-state index contributed by atoms with van der Waals surface area (Å²) < 4.78 is 6.78. The molecule has 0 aromatic carbocycles. The zero-order valence-electron chi connectivity index (χ0n) is 10.2. The molecule has 0 aliphatic heterocycles. The van der Waals surface area contributed by atoms with Crippen LogP contribution in [0.15, 0.2) is 26.4 Å². The van der Waals surface area contributed by atoms with E-state index >= 15 is 0 Å². The molecule has 0 aliphatic carbocycles. The normalized spacial score (nSPS) is 12.9. The largest absolute Gasteiger partial charge is 0.466 e. The SMILES string of the molecule is CCNC(c1ccc(Br)s1)c1cc(C)oc1C. The molecule has 92 valence electrons. The highest BCUT2D eigenvalue weighted by atomic mass is 79.9. The Morgan fingerprint density at radius 3 is 2.65 bits per heavy atom. The Kier molecular flexibility index (Phi) is 4.07. The molecule has 1 unspecified atom stereocenters. The van der Waals surface area contributed by atoms with Crippen LogP contribution >= 0.6 is 27.3 Å². The lowest BCUT2D eigenvalue weighted by Crippen LogP contribution is -2.21. The Labute approximate surface area is 114 Å². The summed E-state index contributed by atoms with van der Waals surface area (Å²) in [6.07, 6.45) is 0. The summed E-state index contributed by atoms with van der Waals surface area (Å²) in [4.78, 5) is 1.31. The lowest BCUT2D eigenvalue weighted by Gasteiger charge is -2.15. The average Bonchev–Trinajstić information content (AvgIpc) is 2.82. The van der Waals surface area contributed by atoms with Gasteiger partial charge in [0.05, 0.1) is 9.83 Å². The van der Waals surface area contributed by atoms with E-state index in [0.717, 1.165) is 21.9 Å². The molecule has 17 heavy (non-hydrogen) atoms. The first-order chi connectivity index (χ1) is 8.11. The van der Waals surface area contributed by atoms with Gasteiger partial charge >= 0.3 is 0 Å². The number of halogens is 1. The highest BCUT2D eigenvalue weighted by Gasteiger charge is 2.19. The Bertz CT molecular complexity index is 503. The van der Waals surface area contributed by atoms with Crippen molar-refractivity contribution in [3.05, 3.63) is 43.9 Å². The smallest absolute Gasteiger partial charge is 0.106 e. The Balaban J connectivity index is 2.38. The van der Waals surface area contributed by atoms with Gasteiger partial charge in [0.25, 0.3) is 0 Å². The van der Waals surface area contributed by atoms with E-state index in [1.54, 1.807) is 11.3 Å². The van der Waals surface area contributed by atoms with E-state index in [1.807, 2.05) is 13.8 Å². The van der Waals surface area contributed by atoms with Crippen LogP contribution in [-0.4, -0.2) is 6.54 Å². The van der Waals surface area contributed by atoms with Crippen molar-refractivity contribution in [3.8, 4) is 0 Å². The van der Waals surface area contributed by atoms with Crippen LogP contribution < -0.4 is 5.32 Å². The van der Waals surface area contributed by atoms with Crippen LogP contribution in [0, 0.1) is 13.8 Å². The van der Waals surface area contributed by atoms with Gasteiger partial charge in [-0.1, -0.05) is 6.92 Å². The van der Waals surface area contributed by atoms with Gasteiger partial charge in [-0.2, -0.15) is 0 Å². The van der Waals surface area contributed by atoms with Gasteiger partial charge < -0.3 is 9.73 Å². The van der Waals surface area contributed by atoms with Crippen molar-refractivity contribution in [2.75, 3.05) is 6.54 Å². The molecule has 0 bridgehead atoms. The van der Waals surface area contributed by atoms with Crippen LogP contribution in [0.4, 0.5) is 0 Å². The van der Waals surface area contributed by atoms with Gasteiger partial charge in [0.1, 0.15) is 11.5 Å². The van der Waals surface area contributed by atoms with E-state index < -0.39 is 0 Å². The average molecular weight is 314 g/mol. The molecule has 0 spiro atoms. The number of furan rings is 1. The van der Waals surface area contributed by atoms with Crippen LogP contribution in [0.25, 0.3) is 0 Å². The maximum atomic E-state index is 5.62. The number of rotatable bonds is 4. The van der Waals surface area contributed by atoms with Gasteiger partial charge in [-0.3, -0.25) is 0 Å². The summed E-state index contributed by atoms with van der Waals surface area (Å²) >= 11 is 5.28. The molecule has 0 saturated heterocycles. The van der Waals surface area contributed by atoms with Crippen molar-refractivity contribution in [2.45, 2.75) is 26.8 Å². The fourth-order valence-electron chi connectivity index (χ4n) is 1.99. The Hall–Kier alpha value is -0.580. The fourth-order valence-corrected chi connectivity index (χ4v) is 3.51. The van der Waals surface area contributed by atoms with Crippen LogP contribution in [0.5, 0.6) is 0 Å². The summed E-state index contributed by atoms with van der Waals surface area (Å²) in [6, 6.07) is 6.60. The van der Waals surface area contributed by atoms with Gasteiger partial charge in [0.2, 0.25) is 0 Å². The number of nitrogens with one attached hydrogen (secondary N) is 1. The third-order valence-corrected chi connectivity index (χ3v) is 4.37. The molecule has 0 radical (unpaired) electrons. The summed E-state index contributed by atoms with van der Waals surface area (Å²) in [6.45, 7) is 7.07. The molecule has 2 heterocycles. The third-order valence-electron chi connectivity index (χ3n) is 2.68. The number of aryl methyl sites for hydroxylation is 2. The second kappa shape index (κ2) is 5.38. The summed E-state index contributed by atoms with van der Waals surface area (Å²) in [5.74, 6) is 1.97. The predicted octanol–water partition coefficient (Wildman–Crippen LogP) is 4.42. The van der Waals surface area contributed by atoms with Crippen LogP contribution in [0.2, 0.25) is 0 Å². The molecule has 0 aliphatic rings. The minimum atomic E-state index is 0.230. The molecule has 0 amide bonds. The molecule has 0 saturated carbocycles. The highest BCUT2D eigenvalue weighted by molar-refractivity contribution is 9.11. The van der Waals surface area contributed by atoms with Crippen molar-refractivity contribution < 1.29 is 4.42 Å². The van der Waals surface area contributed by atoms with E-state index in [0.29, 0.717) is 0 Å². The first kappa shape index (κ1) is 12.9. The van der Waals surface area contributed by atoms with Gasteiger partial charge in [0.15, 0.2) is 0 Å². The van der Waals surface area contributed by atoms with E-state index in [1.165, 1.54) is 10.4 Å². The van der Waals surface area contributed by atoms with Gasteiger partial charge in [-0.05, 0) is 54.5 Å². The van der Waals surface area contributed by atoms with Crippen LogP contribution in [-0.2, 0) is 0 Å². The predicted molar refractivity (Wildman–Crippen MR) is 75.7 cm³/mol. The maximum absolute atomic E-state index is 5.62. The van der Waals surface area contributed by atoms with Crippen LogP contribution in [0.3, 0.4) is 0 Å². The van der Waals surface area contributed by atoms with Crippen LogP contribution in [0.1, 0.15) is 34.9 Å². The van der Waals surface area contributed by atoms with Crippen molar-refractivity contribution in [1.82, 2.24) is 5.32 Å². The van der Waals surface area contributed by atoms with Gasteiger partial charge in [-0.25, -0.2) is 0 Å². The monoisotopic (exact) mass is 313 g/mol. The maximum Gasteiger partial charge on any atom is 0.106 e. The molecular formula is C13H16BrNOS. The molecule has 1 N–H and O–H groups in total. The quantitative estimate of drug-likeness (QED) is 0.904. The summed E-state index contributed by atoms with van der Waals surface area (Å²) in [5.41, 5.74) is 1.23. The second-order valence-electron chi connectivity index (χ2n) is 4.00. The van der Waals surface area contributed by atoms with E-state index in [2.05, 4.69) is 46.4 Å². The molecule has 4 heteroatoms. The molecule has 1 atom stereocenters. The lowest BCUT2D eigenvalue weighted by atomic mass is 10.1. The first-order valence-electron chi connectivity index (χ1n) is 5.67. The number of thiophene rings is 1. The topological polar surface area (TPSA) is 25.2 Å². The van der Waals surface area contributed by atoms with Crippen molar-refractivity contribution >= 4 is 27.3 Å². The Morgan fingerprint density at radius 2 is 2.18 bits per heavy atom. The first-order valence-corrected chi connectivity index (χ1v) is 7.28. The zero-order valence-corrected chi connectivity index (χ0v) is 12.6. The molecule has 2 rings (SSSR count). The van der Waals surface area contributed by atoms with E-state index in [9.17, 15) is 0 Å². The number of hydrogen-bond acceptors (Lipinski definition) is 3. The summed E-state index contributed by atoms with van der Waals surface area (Å²) in [5, 5.41) is 3.51. The third kappa shape index (κ3) is 2.81. The molecule has 2 aromatic heterocycles. The van der Waals surface area contributed by atoms with Gasteiger partial charge in [0, 0.05) is 10.4 Å². The standard InChI is InChI=1S/C13H16BrNOS/c1-4-15-13(11-5-6-12(14)17-11)10-7-8(2)16-9(10)3/h5-7,13,15H,4H2,1-3H3. The van der Waals surface area contributed by atoms with E-state index in [4.69, 9.17) is 4.42 Å². The molecule has 2 nitrogen and oxygen atoms in total. The van der Waals surface area contributed by atoms with E-state index in [-0.39, 0.29) is 6.04 Å². The molecule has 2 aromatic rings. The minimum absolute atomic E-state index is 0.230. The number of hydrogen-bond donors (Lipinski definition) is 1. The Morgan fingerprint density at radius 1 is 1.41 bits per heavy atom. The van der Waals surface area contributed by atoms with Crippen molar-refractivity contribution in [3.63, 3.8) is 0 Å². The van der Waals surface area contributed by atoms with Gasteiger partial charge in [-0.15, -0.1) is 11.3 Å². The second-order valence-corrected chi connectivity index (χ2v) is 6.50. The fraction of sp³-hybridized carbons (Fsp3) is 0.385. The summed E-state index contributed by atoms with van der Waals surface area (Å²) in [7, 11) is 0.